The van der Waals surface area contributed by atoms with E-state index in [2.05, 4.69) is 179 Å². The van der Waals surface area contributed by atoms with E-state index in [-0.39, 0.29) is 0 Å². The highest BCUT2D eigenvalue weighted by Gasteiger charge is 2.50. The molecule has 4 saturated carbocycles. The van der Waals surface area contributed by atoms with Crippen molar-refractivity contribution in [2.75, 3.05) is 13.2 Å². The highest BCUT2D eigenvalue weighted by Crippen LogP contribution is 2.55. The van der Waals surface area contributed by atoms with Gasteiger partial charge in [-0.1, -0.05) is 116 Å². The molecule has 0 atom stereocenters. The molecule has 0 amide bonds. The van der Waals surface area contributed by atoms with Gasteiger partial charge in [0.2, 0.25) is 0 Å². The summed E-state index contributed by atoms with van der Waals surface area (Å²) in [6, 6.07) is 49.0. The molecule has 6 nitrogen and oxygen atoms in total. The highest BCUT2D eigenvalue weighted by molar-refractivity contribution is 5.99. The normalized spacial score (nSPS) is 20.3. The summed E-state index contributed by atoms with van der Waals surface area (Å²) in [5.74, 6) is 3.89. The molecule has 6 heteroatoms. The Morgan fingerprint density at radius 1 is 0.439 bits per heavy atom. The summed E-state index contributed by atoms with van der Waals surface area (Å²) in [6.45, 7) is 1.89. The van der Waals surface area contributed by atoms with Gasteiger partial charge in [-0.3, -0.25) is 0 Å². The van der Waals surface area contributed by atoms with Gasteiger partial charge in [0.25, 0.3) is 0 Å². The number of rotatable bonds is 13. The van der Waals surface area contributed by atoms with Crippen LogP contribution in [0.1, 0.15) is 87.0 Å². The molecule has 0 unspecified atom stereocenters. The molecule has 12 bridgehead atoms. The van der Waals surface area contributed by atoms with E-state index >= 15 is 0 Å². The van der Waals surface area contributed by atoms with Gasteiger partial charge in [-0.2, -0.15) is 0 Å². The molecule has 4 aromatic carbocycles. The van der Waals surface area contributed by atoms with Crippen molar-refractivity contribution in [1.29, 1.82) is 0 Å². The second kappa shape index (κ2) is 17.6. The molecule has 2 aliphatic heterocycles. The second-order valence-electron chi connectivity index (χ2n) is 19.5. The van der Waals surface area contributed by atoms with Crippen LogP contribution >= 0.6 is 0 Å². The third kappa shape index (κ3) is 8.02. The molecule has 0 saturated heterocycles. The number of nitrogens with one attached hydrogen (secondary N) is 3. The fraction of sp³-hybridized carbons (Fsp3) is 0.267. The number of H-pyrrole nitrogens is 2. The van der Waals surface area contributed by atoms with Crippen molar-refractivity contribution >= 4 is 46.4 Å². The van der Waals surface area contributed by atoms with Gasteiger partial charge in [0.15, 0.2) is 0 Å². The van der Waals surface area contributed by atoms with Crippen LogP contribution in [0.5, 0.6) is 5.75 Å². The van der Waals surface area contributed by atoms with E-state index in [1.54, 1.807) is 0 Å². The summed E-state index contributed by atoms with van der Waals surface area (Å²) in [4.78, 5) is 18.6. The van der Waals surface area contributed by atoms with Crippen molar-refractivity contribution in [3.63, 3.8) is 0 Å². The first-order chi connectivity index (χ1) is 32.6. The Bertz CT molecular complexity index is 3030. The predicted molar refractivity (Wildman–Crippen MR) is 273 cm³/mol. The van der Waals surface area contributed by atoms with Crippen LogP contribution in [0.2, 0.25) is 0 Å². The Labute approximate surface area is 388 Å². The van der Waals surface area contributed by atoms with Gasteiger partial charge in [0, 0.05) is 49.9 Å². The number of hydrogen-bond donors (Lipinski definition) is 3. The Morgan fingerprint density at radius 3 is 1.23 bits per heavy atom. The van der Waals surface area contributed by atoms with Crippen LogP contribution in [-0.4, -0.2) is 38.6 Å². The van der Waals surface area contributed by atoms with Crippen molar-refractivity contribution in [3.8, 4) is 50.3 Å². The van der Waals surface area contributed by atoms with Crippen molar-refractivity contribution < 1.29 is 4.74 Å². The summed E-state index contributed by atoms with van der Waals surface area (Å²) >= 11 is 0. The summed E-state index contributed by atoms with van der Waals surface area (Å²) in [7, 11) is 0. The molecule has 6 aliphatic rings. The molecule has 328 valence electrons. The van der Waals surface area contributed by atoms with Crippen molar-refractivity contribution in [2.24, 2.45) is 17.8 Å². The Morgan fingerprint density at radius 2 is 0.818 bits per heavy atom. The lowest BCUT2D eigenvalue weighted by molar-refractivity contribution is -0.0196. The largest absolute Gasteiger partial charge is 0.494 e. The number of benzene rings is 4. The van der Waals surface area contributed by atoms with Crippen LogP contribution in [0.25, 0.3) is 90.9 Å². The lowest BCUT2D eigenvalue weighted by Crippen LogP contribution is -2.58. The van der Waals surface area contributed by atoms with E-state index in [1.165, 1.54) is 64.3 Å². The van der Waals surface area contributed by atoms with Crippen LogP contribution in [0, 0.1) is 17.8 Å². The van der Waals surface area contributed by atoms with Gasteiger partial charge in [-0.15, -0.1) is 0 Å². The minimum atomic E-state index is 0.468. The zero-order valence-corrected chi connectivity index (χ0v) is 37.6. The summed E-state index contributed by atoms with van der Waals surface area (Å²) in [6.07, 6.45) is 22.2. The Balaban J connectivity index is 0.887. The number of aromatic nitrogens is 4. The topological polar surface area (TPSA) is 78.6 Å². The van der Waals surface area contributed by atoms with E-state index in [0.29, 0.717) is 5.54 Å². The number of hydrogen-bond acceptors (Lipinski definition) is 4. The SMILES string of the molecule is C1=Cc2nc1c(-c1ccccc1)c1ccc([nH]1)c(-c1ccccc1)c1nc(c(-c3ccc(OCCCCCCNC45CC6CC(CC(C6)C4)C5)cc3)c3ccc([nH]3)c2-c2ccccc2)C=C1. The zero-order valence-electron chi connectivity index (χ0n) is 37.6. The number of ether oxygens (including phenoxy) is 1. The molecule has 5 heterocycles. The summed E-state index contributed by atoms with van der Waals surface area (Å²) in [5.41, 5.74) is 16.5. The van der Waals surface area contributed by atoms with Crippen molar-refractivity contribution in [3.05, 3.63) is 162 Å². The van der Waals surface area contributed by atoms with Crippen LogP contribution in [0.3, 0.4) is 0 Å². The van der Waals surface area contributed by atoms with Gasteiger partial charge in [0.1, 0.15) is 5.75 Å². The van der Waals surface area contributed by atoms with Crippen LogP contribution in [-0.2, 0) is 0 Å². The van der Waals surface area contributed by atoms with Crippen molar-refractivity contribution in [2.45, 2.75) is 69.7 Å². The fourth-order valence-electron chi connectivity index (χ4n) is 12.4. The van der Waals surface area contributed by atoms with Gasteiger partial charge in [-0.25, -0.2) is 9.97 Å². The van der Waals surface area contributed by atoms with E-state index in [1.807, 2.05) is 0 Å². The van der Waals surface area contributed by atoms with Gasteiger partial charge in [0.05, 0.1) is 29.4 Å². The number of nitrogens with zero attached hydrogens (tertiary/aromatic N) is 2. The van der Waals surface area contributed by atoms with Gasteiger partial charge in [-0.05, 0) is 159 Å². The maximum absolute atomic E-state index is 6.36. The second-order valence-corrected chi connectivity index (χ2v) is 19.5. The lowest BCUT2D eigenvalue weighted by atomic mass is 9.53. The first-order valence-electron chi connectivity index (χ1n) is 24.4. The van der Waals surface area contributed by atoms with E-state index in [0.717, 1.165) is 126 Å². The smallest absolute Gasteiger partial charge is 0.119 e. The van der Waals surface area contributed by atoms with Crippen molar-refractivity contribution in [1.82, 2.24) is 25.3 Å². The van der Waals surface area contributed by atoms with E-state index < -0.39 is 0 Å². The molecule has 0 radical (unpaired) electrons. The third-order valence-corrected chi connectivity index (χ3v) is 15.0. The Kier molecular flexibility index (Phi) is 10.8. The maximum Gasteiger partial charge on any atom is 0.119 e. The van der Waals surface area contributed by atoms with E-state index in [4.69, 9.17) is 14.7 Å². The first-order valence-corrected chi connectivity index (χ1v) is 24.4. The minimum absolute atomic E-state index is 0.468. The zero-order chi connectivity index (χ0) is 43.9. The fourth-order valence-corrected chi connectivity index (χ4v) is 12.4. The molecular formula is C60H57N5O. The molecule has 13 rings (SSSR count). The van der Waals surface area contributed by atoms with Gasteiger partial charge < -0.3 is 20.0 Å². The monoisotopic (exact) mass is 863 g/mol. The third-order valence-electron chi connectivity index (χ3n) is 15.0. The van der Waals surface area contributed by atoms with Crippen LogP contribution < -0.4 is 10.1 Å². The molecule has 4 aliphatic carbocycles. The van der Waals surface area contributed by atoms with Crippen LogP contribution in [0.15, 0.2) is 140 Å². The number of fused-ring (bicyclic) bond motifs is 8. The molecule has 0 spiro atoms. The quantitative estimate of drug-likeness (QED) is 0.101. The minimum Gasteiger partial charge on any atom is -0.494 e. The van der Waals surface area contributed by atoms with Gasteiger partial charge >= 0.3 is 0 Å². The lowest BCUT2D eigenvalue weighted by Gasteiger charge is -2.57. The average molecular weight is 864 g/mol. The number of aromatic amines is 2. The molecule has 3 N–H and O–H groups in total. The summed E-state index contributed by atoms with van der Waals surface area (Å²) < 4.78 is 6.36. The maximum atomic E-state index is 6.36. The number of unbranched alkanes of at least 4 members (excludes halogenated alkanes) is 3. The Hall–Kier alpha value is -6.76. The highest BCUT2D eigenvalue weighted by atomic mass is 16.5. The average Bonchev–Trinajstić information content (AvgIpc) is 4.20. The first kappa shape index (κ1) is 40.7. The summed E-state index contributed by atoms with van der Waals surface area (Å²) in [5, 5.41) is 4.09. The molecule has 4 fully saturated rings. The molecule has 3 aromatic heterocycles. The predicted octanol–water partition coefficient (Wildman–Crippen LogP) is 14.8. The standard InChI is InChI=1S/C60H57N5O/c1(12-32-61-60-37-40-34-41(38-60)36-42(35-40)39-60)2-13-33-66-47-22-20-46(21-23-47)59-54-30-28-52(64-54)57(44-16-8-4-9-17-44)50-26-24-48(62-50)56(43-14-6-3-7-15-43)49-25-27-51(63-49)58(45-18-10-5-11-19-45)53-29-31-55(59)65-53/h3-11,14-31,40-42,61-62,65H,1-2,12-13,32-39H2. The van der Waals surface area contributed by atoms with E-state index in [9.17, 15) is 0 Å². The molecule has 66 heavy (non-hydrogen) atoms. The molecular weight excluding hydrogens is 807 g/mol. The molecule has 7 aromatic rings. The van der Waals surface area contributed by atoms with Crippen LogP contribution in [0.4, 0.5) is 0 Å².